The maximum absolute atomic E-state index is 5.75. The van der Waals surface area contributed by atoms with Gasteiger partial charge in [-0.3, -0.25) is 4.98 Å². The van der Waals surface area contributed by atoms with E-state index in [-0.39, 0.29) is 0 Å². The number of nitrogens with two attached hydrogens (primary N) is 1. The summed E-state index contributed by atoms with van der Waals surface area (Å²) in [6.45, 7) is 0.536. The van der Waals surface area contributed by atoms with E-state index in [2.05, 4.69) is 23.2 Å². The van der Waals surface area contributed by atoms with Gasteiger partial charge < -0.3 is 5.73 Å². The number of rotatable bonds is 1. The van der Waals surface area contributed by atoms with Crippen molar-refractivity contribution in [3.05, 3.63) is 41.2 Å². The number of hydrogen-bond donors (Lipinski definition) is 1. The van der Waals surface area contributed by atoms with Gasteiger partial charge in [-0.1, -0.05) is 12.1 Å². The Kier molecular flexibility index (Phi) is 1.96. The second-order valence-electron chi connectivity index (χ2n) is 4.12. The van der Waals surface area contributed by atoms with Gasteiger partial charge in [-0.25, -0.2) is 0 Å². The fourth-order valence-corrected chi connectivity index (χ4v) is 2.59. The van der Waals surface area contributed by atoms with E-state index >= 15 is 0 Å². The minimum atomic E-state index is 0.536. The van der Waals surface area contributed by atoms with E-state index in [0.29, 0.717) is 6.54 Å². The van der Waals surface area contributed by atoms with Gasteiger partial charge in [0.25, 0.3) is 0 Å². The first-order chi connectivity index (χ1) is 7.40. The molecule has 2 aromatic rings. The number of nitrogens with zero attached hydrogens (tertiary/aromatic N) is 1. The third kappa shape index (κ3) is 1.25. The fraction of sp³-hybridized carbons (Fsp3) is 0.308. The topological polar surface area (TPSA) is 38.9 Å². The van der Waals surface area contributed by atoms with E-state index in [1.807, 2.05) is 6.20 Å². The van der Waals surface area contributed by atoms with E-state index in [1.165, 1.54) is 41.2 Å². The monoisotopic (exact) mass is 198 g/mol. The first-order valence-corrected chi connectivity index (χ1v) is 5.48. The second kappa shape index (κ2) is 3.31. The zero-order valence-corrected chi connectivity index (χ0v) is 8.66. The van der Waals surface area contributed by atoms with Crippen LogP contribution in [0.1, 0.15) is 23.2 Å². The minimum Gasteiger partial charge on any atom is -0.325 e. The van der Waals surface area contributed by atoms with Crippen LogP contribution in [0.4, 0.5) is 0 Å². The number of benzene rings is 1. The predicted octanol–water partition coefficient (Wildman–Crippen LogP) is 2.18. The number of aromatic nitrogens is 1. The largest absolute Gasteiger partial charge is 0.325 e. The highest BCUT2D eigenvalue weighted by atomic mass is 14.7. The molecule has 1 aliphatic carbocycles. The molecule has 1 heterocycles. The third-order valence-corrected chi connectivity index (χ3v) is 3.28. The Morgan fingerprint density at radius 2 is 2.13 bits per heavy atom. The van der Waals surface area contributed by atoms with Crippen LogP contribution in [0.5, 0.6) is 0 Å². The van der Waals surface area contributed by atoms with Crippen molar-refractivity contribution in [3.63, 3.8) is 0 Å². The lowest BCUT2D eigenvalue weighted by atomic mass is 10.00. The van der Waals surface area contributed by atoms with Gasteiger partial charge in [-0.05, 0) is 41.8 Å². The minimum absolute atomic E-state index is 0.536. The standard InChI is InChI=1S/C13H14N2/c14-8-12-13-10(6-7-15-12)5-4-9-2-1-3-11(9)13/h4-7H,1-3,8,14H2. The van der Waals surface area contributed by atoms with Gasteiger partial charge >= 0.3 is 0 Å². The summed E-state index contributed by atoms with van der Waals surface area (Å²) >= 11 is 0. The van der Waals surface area contributed by atoms with E-state index in [4.69, 9.17) is 5.73 Å². The highest BCUT2D eigenvalue weighted by molar-refractivity contribution is 5.89. The summed E-state index contributed by atoms with van der Waals surface area (Å²) in [6.07, 6.45) is 5.52. The Morgan fingerprint density at radius 1 is 1.20 bits per heavy atom. The molecule has 0 saturated carbocycles. The van der Waals surface area contributed by atoms with Crippen molar-refractivity contribution in [1.82, 2.24) is 4.98 Å². The first-order valence-electron chi connectivity index (χ1n) is 5.48. The van der Waals surface area contributed by atoms with Crippen molar-refractivity contribution in [2.24, 2.45) is 5.73 Å². The van der Waals surface area contributed by atoms with Crippen molar-refractivity contribution in [1.29, 1.82) is 0 Å². The maximum Gasteiger partial charge on any atom is 0.0620 e. The quantitative estimate of drug-likeness (QED) is 0.762. The normalized spacial score (nSPS) is 14.5. The molecule has 0 aliphatic heterocycles. The Hall–Kier alpha value is -1.41. The van der Waals surface area contributed by atoms with Gasteiger partial charge in [-0.2, -0.15) is 0 Å². The first kappa shape index (κ1) is 8.86. The number of fused-ring (bicyclic) bond motifs is 3. The van der Waals surface area contributed by atoms with Crippen molar-refractivity contribution < 1.29 is 0 Å². The Balaban J connectivity index is 2.41. The molecule has 0 radical (unpaired) electrons. The van der Waals surface area contributed by atoms with Gasteiger partial charge in [-0.15, -0.1) is 0 Å². The molecule has 0 unspecified atom stereocenters. The summed E-state index contributed by atoms with van der Waals surface area (Å²) in [5, 5.41) is 2.60. The van der Waals surface area contributed by atoms with Crippen molar-refractivity contribution >= 4 is 10.8 Å². The van der Waals surface area contributed by atoms with Gasteiger partial charge in [0.1, 0.15) is 0 Å². The van der Waals surface area contributed by atoms with Crippen LogP contribution < -0.4 is 5.73 Å². The number of aryl methyl sites for hydroxylation is 2. The molecule has 0 fully saturated rings. The molecule has 2 heteroatoms. The molecule has 76 valence electrons. The van der Waals surface area contributed by atoms with Gasteiger partial charge in [0, 0.05) is 18.1 Å². The van der Waals surface area contributed by atoms with Crippen LogP contribution in [0.25, 0.3) is 10.8 Å². The summed E-state index contributed by atoms with van der Waals surface area (Å²) in [7, 11) is 0. The zero-order chi connectivity index (χ0) is 10.3. The lowest BCUT2D eigenvalue weighted by Gasteiger charge is -2.08. The van der Waals surface area contributed by atoms with Crippen LogP contribution in [0.3, 0.4) is 0 Å². The lowest BCUT2D eigenvalue weighted by Crippen LogP contribution is -2.02. The van der Waals surface area contributed by atoms with Crippen molar-refractivity contribution in [2.75, 3.05) is 0 Å². The van der Waals surface area contributed by atoms with Gasteiger partial charge in [0.05, 0.1) is 5.69 Å². The molecule has 0 bridgehead atoms. The van der Waals surface area contributed by atoms with E-state index in [0.717, 1.165) is 5.69 Å². The average molecular weight is 198 g/mol. The molecule has 1 aliphatic rings. The third-order valence-electron chi connectivity index (χ3n) is 3.28. The Morgan fingerprint density at radius 3 is 3.00 bits per heavy atom. The molecule has 0 saturated heterocycles. The second-order valence-corrected chi connectivity index (χ2v) is 4.12. The van der Waals surface area contributed by atoms with Crippen LogP contribution in [0.2, 0.25) is 0 Å². The highest BCUT2D eigenvalue weighted by Crippen LogP contribution is 2.31. The molecule has 0 spiro atoms. The summed E-state index contributed by atoms with van der Waals surface area (Å²) < 4.78 is 0. The molecule has 1 aromatic heterocycles. The zero-order valence-electron chi connectivity index (χ0n) is 8.66. The van der Waals surface area contributed by atoms with Crippen LogP contribution in [-0.4, -0.2) is 4.98 Å². The summed E-state index contributed by atoms with van der Waals surface area (Å²) in [4.78, 5) is 4.38. The summed E-state index contributed by atoms with van der Waals surface area (Å²) in [6, 6.07) is 6.53. The van der Waals surface area contributed by atoms with Crippen molar-refractivity contribution in [3.8, 4) is 0 Å². The molecular weight excluding hydrogens is 184 g/mol. The predicted molar refractivity (Wildman–Crippen MR) is 61.7 cm³/mol. The molecule has 2 nitrogen and oxygen atoms in total. The Bertz CT molecular complexity index is 517. The van der Waals surface area contributed by atoms with Crippen LogP contribution in [0, 0.1) is 0 Å². The molecule has 15 heavy (non-hydrogen) atoms. The fourth-order valence-electron chi connectivity index (χ4n) is 2.59. The SMILES string of the molecule is NCc1nccc2ccc3c(c12)CCC3. The van der Waals surface area contributed by atoms with E-state index < -0.39 is 0 Å². The molecular formula is C13H14N2. The van der Waals surface area contributed by atoms with Crippen LogP contribution in [-0.2, 0) is 19.4 Å². The van der Waals surface area contributed by atoms with Crippen LogP contribution >= 0.6 is 0 Å². The smallest absolute Gasteiger partial charge is 0.0620 e. The maximum atomic E-state index is 5.75. The molecule has 1 aromatic carbocycles. The Labute approximate surface area is 89.1 Å². The van der Waals surface area contributed by atoms with Gasteiger partial charge in [0.15, 0.2) is 0 Å². The summed E-state index contributed by atoms with van der Waals surface area (Å²) in [5.74, 6) is 0. The van der Waals surface area contributed by atoms with Gasteiger partial charge in [0.2, 0.25) is 0 Å². The van der Waals surface area contributed by atoms with Crippen LogP contribution in [0.15, 0.2) is 24.4 Å². The number of pyridine rings is 1. The van der Waals surface area contributed by atoms with E-state index in [9.17, 15) is 0 Å². The molecule has 2 N–H and O–H groups in total. The lowest BCUT2D eigenvalue weighted by molar-refractivity contribution is 0.912. The highest BCUT2D eigenvalue weighted by Gasteiger charge is 2.15. The van der Waals surface area contributed by atoms with E-state index in [1.54, 1.807) is 0 Å². The van der Waals surface area contributed by atoms with Crippen molar-refractivity contribution in [2.45, 2.75) is 25.8 Å². The molecule has 0 atom stereocenters. The average Bonchev–Trinajstić information content (AvgIpc) is 2.76. The summed E-state index contributed by atoms with van der Waals surface area (Å²) in [5.41, 5.74) is 9.77. The molecule has 3 rings (SSSR count). The molecule has 0 amide bonds. The number of hydrogen-bond acceptors (Lipinski definition) is 2.